The minimum Gasteiger partial charge on any atom is -0.356 e. The Balaban J connectivity index is 1.66. The summed E-state index contributed by atoms with van der Waals surface area (Å²) in [6.45, 7) is 8.78. The molecule has 0 spiro atoms. The lowest BCUT2D eigenvalue weighted by Gasteiger charge is -2.34. The van der Waals surface area contributed by atoms with Crippen LogP contribution in [-0.4, -0.2) is 35.1 Å². The molecule has 7 heteroatoms. The second-order valence-corrected chi connectivity index (χ2v) is 9.76. The number of nitrogens with one attached hydrogen (secondary N) is 1. The van der Waals surface area contributed by atoms with Crippen LogP contribution >= 0.6 is 11.3 Å². The predicted octanol–water partition coefficient (Wildman–Crippen LogP) is 3.80. The van der Waals surface area contributed by atoms with Gasteiger partial charge in [-0.1, -0.05) is 43.7 Å². The number of carbonyl (C=O) groups is 1. The zero-order chi connectivity index (χ0) is 22.0. The van der Waals surface area contributed by atoms with Crippen LogP contribution < -0.4 is 15.8 Å². The number of hydrogen-bond donors (Lipinski definition) is 1. The summed E-state index contributed by atoms with van der Waals surface area (Å²) in [6.07, 6.45) is 1.77. The van der Waals surface area contributed by atoms with Gasteiger partial charge in [0.1, 0.15) is 4.70 Å². The van der Waals surface area contributed by atoms with Gasteiger partial charge in [-0.25, -0.2) is 4.98 Å². The number of carbonyl (C=O) groups excluding carboxylic acids is 1. The molecule has 0 radical (unpaired) electrons. The van der Waals surface area contributed by atoms with Gasteiger partial charge in [-0.2, -0.15) is 0 Å². The highest BCUT2D eigenvalue weighted by molar-refractivity contribution is 7.17. The molecule has 1 aliphatic rings. The summed E-state index contributed by atoms with van der Waals surface area (Å²) in [5, 5.41) is 4.98. The highest BCUT2D eigenvalue weighted by Gasteiger charge is 2.28. The molecule has 0 bridgehead atoms. The number of nitrogens with zero attached hydrogens (tertiary/aromatic N) is 3. The summed E-state index contributed by atoms with van der Waals surface area (Å²) >= 11 is 1.43. The molecule has 1 atom stereocenters. The Morgan fingerprint density at radius 3 is 2.77 bits per heavy atom. The van der Waals surface area contributed by atoms with E-state index in [9.17, 15) is 9.59 Å². The Bertz CT molecular complexity index is 1120. The molecule has 1 aromatic carbocycles. The Labute approximate surface area is 186 Å². The number of benzene rings is 1. The average molecular weight is 439 g/mol. The number of aryl methyl sites for hydroxylation is 1. The van der Waals surface area contributed by atoms with Gasteiger partial charge in [0.05, 0.1) is 18.0 Å². The average Bonchev–Trinajstić information content (AvgIpc) is 3.24. The molecule has 164 valence electrons. The largest absolute Gasteiger partial charge is 0.356 e. The number of amides is 1. The fourth-order valence-corrected chi connectivity index (χ4v) is 4.79. The summed E-state index contributed by atoms with van der Waals surface area (Å²) < 4.78 is 2.46. The lowest BCUT2D eigenvalue weighted by atomic mass is 9.97. The van der Waals surface area contributed by atoms with Gasteiger partial charge >= 0.3 is 0 Å². The van der Waals surface area contributed by atoms with Crippen molar-refractivity contribution < 1.29 is 4.79 Å². The van der Waals surface area contributed by atoms with Gasteiger partial charge in [-0.15, -0.1) is 11.3 Å². The maximum atomic E-state index is 13.3. The van der Waals surface area contributed by atoms with Crippen molar-refractivity contribution in [1.29, 1.82) is 0 Å². The third-order valence-electron chi connectivity index (χ3n) is 5.77. The van der Waals surface area contributed by atoms with Crippen LogP contribution in [0.4, 0.5) is 5.95 Å². The first-order valence-corrected chi connectivity index (χ1v) is 11.9. The normalized spacial score (nSPS) is 16.8. The van der Waals surface area contributed by atoms with E-state index in [1.807, 2.05) is 11.4 Å². The van der Waals surface area contributed by atoms with E-state index in [2.05, 4.69) is 55.3 Å². The van der Waals surface area contributed by atoms with Crippen LogP contribution in [0.2, 0.25) is 0 Å². The maximum Gasteiger partial charge on any atom is 0.273 e. The smallest absolute Gasteiger partial charge is 0.273 e. The van der Waals surface area contributed by atoms with Crippen LogP contribution in [-0.2, 0) is 11.3 Å². The van der Waals surface area contributed by atoms with Crippen molar-refractivity contribution in [2.45, 2.75) is 40.2 Å². The summed E-state index contributed by atoms with van der Waals surface area (Å²) in [6, 6.07) is 10.1. The van der Waals surface area contributed by atoms with Crippen molar-refractivity contribution in [3.05, 3.63) is 57.2 Å². The first kappa shape index (κ1) is 21.6. The monoisotopic (exact) mass is 438 g/mol. The first-order valence-electron chi connectivity index (χ1n) is 11.0. The van der Waals surface area contributed by atoms with E-state index < -0.39 is 0 Å². The molecule has 3 heterocycles. The number of thiophene rings is 1. The molecule has 1 unspecified atom stereocenters. The van der Waals surface area contributed by atoms with E-state index in [1.54, 1.807) is 4.57 Å². The van der Waals surface area contributed by atoms with Gasteiger partial charge in [0.2, 0.25) is 11.9 Å². The fourth-order valence-electron chi connectivity index (χ4n) is 4.01. The highest BCUT2D eigenvalue weighted by Crippen LogP contribution is 2.25. The van der Waals surface area contributed by atoms with Crippen LogP contribution in [0.5, 0.6) is 0 Å². The van der Waals surface area contributed by atoms with Crippen LogP contribution in [0.15, 0.2) is 40.5 Å². The molecular formula is C24H30N4O2S. The molecule has 4 rings (SSSR count). The molecule has 6 nitrogen and oxygen atoms in total. The van der Waals surface area contributed by atoms with Gasteiger partial charge in [0, 0.05) is 19.6 Å². The second-order valence-electron chi connectivity index (χ2n) is 8.85. The minimum absolute atomic E-state index is 0.0121. The van der Waals surface area contributed by atoms with Crippen molar-refractivity contribution in [1.82, 2.24) is 14.9 Å². The van der Waals surface area contributed by atoms with Crippen LogP contribution in [0.1, 0.15) is 37.8 Å². The van der Waals surface area contributed by atoms with Gasteiger partial charge in [-0.3, -0.25) is 14.2 Å². The third kappa shape index (κ3) is 4.82. The van der Waals surface area contributed by atoms with E-state index in [4.69, 9.17) is 4.98 Å². The molecule has 1 aliphatic heterocycles. The van der Waals surface area contributed by atoms with E-state index >= 15 is 0 Å². The molecule has 1 amide bonds. The van der Waals surface area contributed by atoms with Crippen molar-refractivity contribution in [2.75, 3.05) is 24.5 Å². The van der Waals surface area contributed by atoms with Gasteiger partial charge in [-0.05, 0) is 42.7 Å². The Morgan fingerprint density at radius 1 is 1.26 bits per heavy atom. The van der Waals surface area contributed by atoms with Crippen molar-refractivity contribution >= 4 is 33.4 Å². The zero-order valence-corrected chi connectivity index (χ0v) is 19.2. The van der Waals surface area contributed by atoms with Crippen molar-refractivity contribution in [2.24, 2.45) is 11.8 Å². The Morgan fingerprint density at radius 2 is 2.03 bits per heavy atom. The molecule has 2 aromatic heterocycles. The lowest BCUT2D eigenvalue weighted by molar-refractivity contribution is -0.125. The quantitative estimate of drug-likeness (QED) is 0.636. The predicted molar refractivity (Wildman–Crippen MR) is 127 cm³/mol. The van der Waals surface area contributed by atoms with Gasteiger partial charge < -0.3 is 10.2 Å². The minimum atomic E-state index is -0.0876. The van der Waals surface area contributed by atoms with Crippen LogP contribution in [0.25, 0.3) is 10.2 Å². The molecule has 0 aliphatic carbocycles. The molecule has 31 heavy (non-hydrogen) atoms. The summed E-state index contributed by atoms with van der Waals surface area (Å²) in [5.74, 6) is 1.10. The first-order chi connectivity index (χ1) is 14.9. The standard InChI is InChI=1S/C24H30N4O2S/c1-16(2)13-25-22(29)19-5-4-11-27(15-19)24-26-20-10-12-31-21(20)23(30)28(24)14-18-8-6-17(3)7-9-18/h6-10,12,16,19H,4-5,11,13-15H2,1-3H3,(H,25,29). The van der Waals surface area contributed by atoms with Crippen LogP contribution in [0, 0.1) is 18.8 Å². The number of hydrogen-bond acceptors (Lipinski definition) is 5. The van der Waals surface area contributed by atoms with Crippen molar-refractivity contribution in [3.8, 4) is 0 Å². The van der Waals surface area contributed by atoms with Gasteiger partial charge in [0.15, 0.2) is 0 Å². The summed E-state index contributed by atoms with van der Waals surface area (Å²) in [5.41, 5.74) is 2.97. The molecule has 1 saturated heterocycles. The Hall–Kier alpha value is -2.67. The summed E-state index contributed by atoms with van der Waals surface area (Å²) in [4.78, 5) is 33.0. The molecule has 0 saturated carbocycles. The van der Waals surface area contributed by atoms with E-state index in [0.717, 1.165) is 30.5 Å². The van der Waals surface area contributed by atoms with Gasteiger partial charge in [0.25, 0.3) is 5.56 Å². The van der Waals surface area contributed by atoms with E-state index in [1.165, 1.54) is 16.9 Å². The van der Waals surface area contributed by atoms with E-state index in [-0.39, 0.29) is 17.4 Å². The highest BCUT2D eigenvalue weighted by atomic mass is 32.1. The topological polar surface area (TPSA) is 67.2 Å². The molecule has 1 fully saturated rings. The lowest BCUT2D eigenvalue weighted by Crippen LogP contribution is -2.45. The molecule has 1 N–H and O–H groups in total. The number of aromatic nitrogens is 2. The second kappa shape index (κ2) is 9.22. The van der Waals surface area contributed by atoms with Crippen LogP contribution in [0.3, 0.4) is 0 Å². The molecule has 3 aromatic rings. The fraction of sp³-hybridized carbons (Fsp3) is 0.458. The van der Waals surface area contributed by atoms with Crippen molar-refractivity contribution in [3.63, 3.8) is 0 Å². The molecular weight excluding hydrogens is 408 g/mol. The number of anilines is 1. The number of rotatable bonds is 6. The maximum absolute atomic E-state index is 13.3. The Kier molecular flexibility index (Phi) is 6.41. The number of fused-ring (bicyclic) bond motifs is 1. The number of piperidine rings is 1. The third-order valence-corrected chi connectivity index (χ3v) is 6.66. The SMILES string of the molecule is Cc1ccc(Cn2c(N3CCCC(C(=O)NCC(C)C)C3)nc3ccsc3c2=O)cc1. The van der Waals surface area contributed by atoms with E-state index in [0.29, 0.717) is 36.2 Å². The summed E-state index contributed by atoms with van der Waals surface area (Å²) in [7, 11) is 0. The zero-order valence-electron chi connectivity index (χ0n) is 18.4.